The van der Waals surface area contributed by atoms with Crippen LogP contribution in [0.2, 0.25) is 0 Å². The molecule has 2 aromatic heterocycles. The molecule has 0 unspecified atom stereocenters. The average molecular weight is 558 g/mol. The highest BCUT2D eigenvalue weighted by Crippen LogP contribution is 2.64. The number of hydrogen-bond donors (Lipinski definition) is 0. The zero-order chi connectivity index (χ0) is 30.5. The van der Waals surface area contributed by atoms with Crippen LogP contribution in [0.15, 0.2) is 71.3 Å². The van der Waals surface area contributed by atoms with Gasteiger partial charge in [-0.15, -0.1) is 0 Å². The molecule has 0 amide bonds. The van der Waals surface area contributed by atoms with Gasteiger partial charge in [0, 0.05) is 29.8 Å². The highest BCUT2D eigenvalue weighted by atomic mass is 16.3. The third-order valence-electron chi connectivity index (χ3n) is 11.9. The minimum Gasteiger partial charge on any atom is -0.454 e. The summed E-state index contributed by atoms with van der Waals surface area (Å²) in [6.45, 7) is 16.7. The van der Waals surface area contributed by atoms with E-state index in [1.54, 1.807) is 0 Å². The van der Waals surface area contributed by atoms with E-state index in [0.717, 1.165) is 64.4 Å². The zero-order valence-electron chi connectivity index (χ0n) is 27.7. The van der Waals surface area contributed by atoms with E-state index in [1.807, 2.05) is 0 Å². The number of fused-ring (bicyclic) bond motifs is 4. The van der Waals surface area contributed by atoms with Crippen LogP contribution in [0, 0.1) is 12.3 Å². The Labute approximate surface area is 253 Å². The molecule has 0 spiro atoms. The quantitative estimate of drug-likeness (QED) is 0.202. The molecular formula is C40H46NO+. The van der Waals surface area contributed by atoms with Crippen LogP contribution in [0.5, 0.6) is 0 Å². The fourth-order valence-electron chi connectivity index (χ4n) is 8.21. The van der Waals surface area contributed by atoms with E-state index in [4.69, 9.17) is 4.42 Å². The van der Waals surface area contributed by atoms with Crippen LogP contribution in [0.4, 0.5) is 0 Å². The van der Waals surface area contributed by atoms with E-state index in [9.17, 15) is 1.37 Å². The number of pyridine rings is 1. The summed E-state index contributed by atoms with van der Waals surface area (Å²) in [6, 6.07) is 22.2. The van der Waals surface area contributed by atoms with Gasteiger partial charge < -0.3 is 4.42 Å². The van der Waals surface area contributed by atoms with E-state index >= 15 is 0 Å². The summed E-state index contributed by atoms with van der Waals surface area (Å²) in [4.78, 5) is 0. The van der Waals surface area contributed by atoms with Crippen LogP contribution < -0.4 is 4.57 Å². The van der Waals surface area contributed by atoms with E-state index in [1.165, 1.54) is 34.2 Å². The Morgan fingerprint density at radius 2 is 1.55 bits per heavy atom. The van der Waals surface area contributed by atoms with E-state index in [2.05, 4.69) is 127 Å². The Morgan fingerprint density at radius 3 is 2.29 bits per heavy atom. The number of benzene rings is 3. The van der Waals surface area contributed by atoms with Gasteiger partial charge in [-0.3, -0.25) is 0 Å². The molecule has 42 heavy (non-hydrogen) atoms. The summed E-state index contributed by atoms with van der Waals surface area (Å²) >= 11 is 0. The van der Waals surface area contributed by atoms with E-state index < -0.39 is 5.89 Å². The van der Waals surface area contributed by atoms with Crippen molar-refractivity contribution in [3.63, 3.8) is 0 Å². The minimum absolute atomic E-state index is 0.0315. The highest BCUT2D eigenvalue weighted by molar-refractivity contribution is 6.13. The first kappa shape index (κ1) is 26.3. The second-order valence-electron chi connectivity index (χ2n) is 14.6. The highest BCUT2D eigenvalue weighted by Gasteiger charge is 2.58. The predicted molar refractivity (Wildman–Crippen MR) is 176 cm³/mol. The van der Waals surface area contributed by atoms with Gasteiger partial charge in [0.15, 0.2) is 6.20 Å². The van der Waals surface area contributed by atoms with Crippen molar-refractivity contribution in [3.8, 4) is 22.4 Å². The number of rotatable bonds is 3. The molecule has 3 aromatic carbocycles. The summed E-state index contributed by atoms with van der Waals surface area (Å²) in [7, 11) is 2.10. The summed E-state index contributed by atoms with van der Waals surface area (Å²) in [5.74, 6) is -0.555. The molecule has 0 N–H and O–H groups in total. The Hall–Kier alpha value is -3.39. The number of furan rings is 1. The molecule has 0 aliphatic heterocycles. The monoisotopic (exact) mass is 557 g/mol. The Kier molecular flexibility index (Phi) is 5.82. The fourth-order valence-corrected chi connectivity index (χ4v) is 8.21. The zero-order valence-corrected chi connectivity index (χ0v) is 26.7. The Morgan fingerprint density at radius 1 is 0.810 bits per heavy atom. The molecule has 0 saturated heterocycles. The van der Waals surface area contributed by atoms with Crippen molar-refractivity contribution in [1.82, 2.24) is 0 Å². The second kappa shape index (κ2) is 9.30. The molecule has 0 radical (unpaired) electrons. The van der Waals surface area contributed by atoms with Gasteiger partial charge in [0.2, 0.25) is 5.69 Å². The molecule has 0 atom stereocenters. The smallest absolute Gasteiger partial charge is 0.216 e. The molecule has 2 aliphatic carbocycles. The van der Waals surface area contributed by atoms with Gasteiger partial charge in [0.1, 0.15) is 18.2 Å². The average Bonchev–Trinajstić information content (AvgIpc) is 3.40. The van der Waals surface area contributed by atoms with Crippen LogP contribution in [0.25, 0.3) is 44.3 Å². The lowest BCUT2D eigenvalue weighted by Gasteiger charge is -2.45. The van der Waals surface area contributed by atoms with Crippen molar-refractivity contribution in [2.45, 2.75) is 97.3 Å². The van der Waals surface area contributed by atoms with Gasteiger partial charge >= 0.3 is 0 Å². The molecule has 2 nitrogen and oxygen atoms in total. The summed E-state index contributed by atoms with van der Waals surface area (Å²) in [6.07, 6.45) is 7.47. The topological polar surface area (TPSA) is 17.0 Å². The Balaban J connectivity index is 1.54. The number of hydrogen-bond acceptors (Lipinski definition) is 1. The number of aromatic nitrogens is 1. The lowest BCUT2D eigenvalue weighted by Crippen LogP contribution is -2.42. The summed E-state index contributed by atoms with van der Waals surface area (Å²) < 4.78 is 19.1. The summed E-state index contributed by atoms with van der Waals surface area (Å²) in [5.41, 5.74) is 11.7. The Bertz CT molecular complexity index is 1910. The first-order valence-corrected chi connectivity index (χ1v) is 15.9. The van der Waals surface area contributed by atoms with Gasteiger partial charge in [-0.2, -0.15) is 0 Å². The molecule has 0 bridgehead atoms. The van der Waals surface area contributed by atoms with Crippen LogP contribution >= 0.6 is 0 Å². The standard InChI is InChI=1S/C40H46NO/c1-25-20-21-30-29-18-14-17-28(36(29)42-37(30)34(25)33-19-12-13-22-41(33)8)27-23-31(26-15-10-9-11-16-26)35-32(24-27)38(2,3)40(6,7)39(35,4)5/h12-14,17-24,26H,9-11,15-16H2,1-8H3/q+1/i26D. The van der Waals surface area contributed by atoms with Gasteiger partial charge in [-0.25, -0.2) is 4.57 Å². The van der Waals surface area contributed by atoms with Gasteiger partial charge in [0.05, 0.1) is 5.56 Å². The maximum Gasteiger partial charge on any atom is 0.216 e. The largest absolute Gasteiger partial charge is 0.454 e. The first-order chi connectivity index (χ1) is 20.3. The van der Waals surface area contributed by atoms with Gasteiger partial charge in [-0.1, -0.05) is 103 Å². The molecule has 2 heteroatoms. The lowest BCUT2D eigenvalue weighted by atomic mass is 9.59. The van der Waals surface area contributed by atoms with E-state index in [-0.39, 0.29) is 16.2 Å². The number of aryl methyl sites for hydroxylation is 2. The van der Waals surface area contributed by atoms with Crippen molar-refractivity contribution in [2.75, 3.05) is 0 Å². The molecule has 216 valence electrons. The number of nitrogens with zero attached hydrogens (tertiary/aromatic N) is 1. The van der Waals surface area contributed by atoms with Crippen LogP contribution in [0.1, 0.15) is 103 Å². The van der Waals surface area contributed by atoms with Crippen molar-refractivity contribution in [3.05, 3.63) is 89.1 Å². The maximum absolute atomic E-state index is 9.92. The van der Waals surface area contributed by atoms with E-state index in [0.29, 0.717) is 0 Å². The minimum atomic E-state index is -0.555. The van der Waals surface area contributed by atoms with Crippen molar-refractivity contribution in [1.29, 1.82) is 0 Å². The van der Waals surface area contributed by atoms with Crippen LogP contribution in [0.3, 0.4) is 0 Å². The van der Waals surface area contributed by atoms with Crippen LogP contribution in [-0.4, -0.2) is 0 Å². The molecule has 2 heterocycles. The molecular weight excluding hydrogens is 510 g/mol. The van der Waals surface area contributed by atoms with Crippen molar-refractivity contribution >= 4 is 21.9 Å². The SMILES string of the molecule is [2H]C1(c2cc(-c3cccc4c3oc3c(-c5cccc[n+]5C)c(C)ccc34)cc3c2C(C)(C)C(C)(C)C3(C)C)CCCCC1. The van der Waals surface area contributed by atoms with Crippen molar-refractivity contribution < 1.29 is 10.4 Å². The predicted octanol–water partition coefficient (Wildman–Crippen LogP) is 10.7. The number of para-hydroxylation sites is 1. The first-order valence-electron chi connectivity index (χ1n) is 16.4. The van der Waals surface area contributed by atoms with Crippen molar-refractivity contribution in [2.24, 2.45) is 12.5 Å². The second-order valence-corrected chi connectivity index (χ2v) is 14.6. The normalized spacial score (nSPS) is 20.5. The third kappa shape index (κ3) is 3.66. The summed E-state index contributed by atoms with van der Waals surface area (Å²) in [5, 5.41) is 2.29. The van der Waals surface area contributed by atoms with Gasteiger partial charge in [-0.05, 0) is 75.8 Å². The lowest BCUT2D eigenvalue weighted by molar-refractivity contribution is -0.660. The molecule has 1 saturated carbocycles. The van der Waals surface area contributed by atoms with Gasteiger partial charge in [0.25, 0.3) is 0 Å². The third-order valence-corrected chi connectivity index (χ3v) is 11.9. The molecule has 2 aliphatic rings. The van der Waals surface area contributed by atoms with Crippen LogP contribution in [-0.2, 0) is 17.9 Å². The maximum atomic E-state index is 9.92. The molecule has 1 fully saturated rings. The molecule has 5 aromatic rings. The molecule has 7 rings (SSSR count). The fraction of sp³-hybridized carbons (Fsp3) is 0.425.